The third-order valence-electron chi connectivity index (χ3n) is 4.94. The molecule has 2 nitrogen and oxygen atoms in total. The zero-order valence-corrected chi connectivity index (χ0v) is 11.1. The van der Waals surface area contributed by atoms with Gasteiger partial charge in [-0.3, -0.25) is 0 Å². The van der Waals surface area contributed by atoms with Crippen molar-refractivity contribution in [1.29, 1.82) is 0 Å². The molecule has 94 valence electrons. The predicted molar refractivity (Wildman–Crippen MR) is 66.4 cm³/mol. The number of hydrogen-bond acceptors (Lipinski definition) is 2. The lowest BCUT2D eigenvalue weighted by Crippen LogP contribution is -2.12. The Labute approximate surface area is 103 Å². The van der Waals surface area contributed by atoms with Crippen LogP contribution in [0.2, 0.25) is 0 Å². The molecule has 0 amide bonds. The second-order valence-electron chi connectivity index (χ2n) is 6.94. The molecule has 0 N–H and O–H groups in total. The smallest absolute Gasteiger partial charge is 0.334 e. The topological polar surface area (TPSA) is 26.3 Å². The lowest BCUT2D eigenvalue weighted by atomic mass is 9.84. The van der Waals surface area contributed by atoms with Crippen LogP contribution in [0.3, 0.4) is 0 Å². The van der Waals surface area contributed by atoms with E-state index in [0.717, 1.165) is 24.3 Å². The highest BCUT2D eigenvalue weighted by atomic mass is 16.5. The highest BCUT2D eigenvalue weighted by molar-refractivity contribution is 5.92. The van der Waals surface area contributed by atoms with E-state index in [1.54, 1.807) is 0 Å². The molecule has 0 aromatic carbocycles. The maximum atomic E-state index is 11.9. The van der Waals surface area contributed by atoms with Crippen LogP contribution in [-0.2, 0) is 9.53 Å². The number of hydrogen-bond donors (Lipinski definition) is 0. The lowest BCUT2D eigenvalue weighted by molar-refractivity contribution is -0.135. The molecule has 0 radical (unpaired) electrons. The van der Waals surface area contributed by atoms with Crippen molar-refractivity contribution in [3.05, 3.63) is 11.1 Å². The summed E-state index contributed by atoms with van der Waals surface area (Å²) in [7, 11) is 0. The highest BCUT2D eigenvalue weighted by Crippen LogP contribution is 2.53. The number of rotatable bonds is 0. The van der Waals surface area contributed by atoms with Crippen molar-refractivity contribution >= 4 is 5.97 Å². The quantitative estimate of drug-likeness (QED) is 0.601. The van der Waals surface area contributed by atoms with E-state index in [2.05, 4.69) is 20.8 Å². The fourth-order valence-electron chi connectivity index (χ4n) is 4.07. The van der Waals surface area contributed by atoms with Crippen LogP contribution in [0, 0.1) is 23.2 Å². The van der Waals surface area contributed by atoms with Gasteiger partial charge in [-0.1, -0.05) is 26.3 Å². The van der Waals surface area contributed by atoms with Gasteiger partial charge in [0.1, 0.15) is 0 Å². The van der Waals surface area contributed by atoms with Crippen molar-refractivity contribution in [3.63, 3.8) is 0 Å². The van der Waals surface area contributed by atoms with E-state index < -0.39 is 0 Å². The number of carbonyl (C=O) groups excluding carboxylic acids is 1. The third kappa shape index (κ3) is 1.73. The molecule has 0 bridgehead atoms. The Morgan fingerprint density at radius 2 is 2.06 bits per heavy atom. The number of cyclic esters (lactones) is 1. The van der Waals surface area contributed by atoms with Crippen LogP contribution in [0.5, 0.6) is 0 Å². The summed E-state index contributed by atoms with van der Waals surface area (Å²) < 4.78 is 5.27. The lowest BCUT2D eigenvalue weighted by Gasteiger charge is -2.21. The first-order valence-corrected chi connectivity index (χ1v) is 6.88. The minimum atomic E-state index is -0.0122. The largest absolute Gasteiger partial charge is 0.462 e. The molecule has 3 aliphatic rings. The summed E-state index contributed by atoms with van der Waals surface area (Å²) in [5.74, 6) is 1.76. The molecule has 0 spiro atoms. The third-order valence-corrected chi connectivity index (χ3v) is 4.94. The Morgan fingerprint density at radius 1 is 1.29 bits per heavy atom. The SMILES string of the molecule is C[C@@H]1CC[C@@H]2COC(=O)C2=C2CC(C)(C)C[C@@H]21. The summed E-state index contributed by atoms with van der Waals surface area (Å²) >= 11 is 0. The molecule has 1 saturated carbocycles. The average molecular weight is 234 g/mol. The molecule has 1 aliphatic heterocycles. The van der Waals surface area contributed by atoms with Crippen LogP contribution in [-0.4, -0.2) is 12.6 Å². The maximum Gasteiger partial charge on any atom is 0.334 e. The van der Waals surface area contributed by atoms with Gasteiger partial charge in [-0.25, -0.2) is 4.79 Å². The van der Waals surface area contributed by atoms with Gasteiger partial charge in [-0.2, -0.15) is 0 Å². The Bertz CT molecular complexity index is 392. The van der Waals surface area contributed by atoms with Gasteiger partial charge in [-0.05, 0) is 42.9 Å². The zero-order chi connectivity index (χ0) is 12.2. The molecule has 2 heteroatoms. The molecule has 0 aromatic heterocycles. The molecular formula is C15H22O2. The zero-order valence-electron chi connectivity index (χ0n) is 11.1. The molecule has 0 aromatic rings. The van der Waals surface area contributed by atoms with Gasteiger partial charge >= 0.3 is 5.97 Å². The summed E-state index contributed by atoms with van der Waals surface area (Å²) in [6.45, 7) is 7.66. The van der Waals surface area contributed by atoms with Crippen LogP contribution in [0.4, 0.5) is 0 Å². The van der Waals surface area contributed by atoms with Crippen LogP contribution in [0.15, 0.2) is 11.1 Å². The Hall–Kier alpha value is -0.790. The molecular weight excluding hydrogens is 212 g/mol. The highest BCUT2D eigenvalue weighted by Gasteiger charge is 2.45. The van der Waals surface area contributed by atoms with Crippen molar-refractivity contribution in [3.8, 4) is 0 Å². The second kappa shape index (κ2) is 3.60. The number of esters is 1. The summed E-state index contributed by atoms with van der Waals surface area (Å²) in [6.07, 6.45) is 4.73. The first-order chi connectivity index (χ1) is 7.98. The first-order valence-electron chi connectivity index (χ1n) is 6.88. The molecule has 3 atom stereocenters. The monoisotopic (exact) mass is 234 g/mol. The summed E-state index contributed by atoms with van der Waals surface area (Å²) in [4.78, 5) is 11.9. The molecule has 3 rings (SSSR count). The van der Waals surface area contributed by atoms with E-state index in [4.69, 9.17) is 4.74 Å². The van der Waals surface area contributed by atoms with Gasteiger partial charge in [0.2, 0.25) is 0 Å². The molecule has 0 unspecified atom stereocenters. The van der Waals surface area contributed by atoms with E-state index in [9.17, 15) is 4.79 Å². The van der Waals surface area contributed by atoms with Crippen LogP contribution in [0.25, 0.3) is 0 Å². The van der Waals surface area contributed by atoms with Gasteiger partial charge < -0.3 is 4.74 Å². The predicted octanol–water partition coefficient (Wildman–Crippen LogP) is 3.32. The van der Waals surface area contributed by atoms with E-state index >= 15 is 0 Å². The Kier molecular flexibility index (Phi) is 2.39. The van der Waals surface area contributed by atoms with Gasteiger partial charge in [0, 0.05) is 11.5 Å². The van der Waals surface area contributed by atoms with E-state index in [1.165, 1.54) is 18.4 Å². The minimum absolute atomic E-state index is 0.0122. The summed E-state index contributed by atoms with van der Waals surface area (Å²) in [6, 6.07) is 0. The minimum Gasteiger partial charge on any atom is -0.462 e. The van der Waals surface area contributed by atoms with Crippen molar-refractivity contribution in [2.24, 2.45) is 23.2 Å². The second-order valence-corrected chi connectivity index (χ2v) is 6.94. The molecule has 17 heavy (non-hydrogen) atoms. The van der Waals surface area contributed by atoms with Gasteiger partial charge in [0.25, 0.3) is 0 Å². The maximum absolute atomic E-state index is 11.9. The van der Waals surface area contributed by atoms with Crippen molar-refractivity contribution < 1.29 is 9.53 Å². The standard InChI is InChI=1S/C15H22O2/c1-9-4-5-10-8-17-14(16)13(10)12-7-15(2,3)6-11(9)12/h9-11H,4-8H2,1-3H3/t9-,10-,11-/m1/s1. The fourth-order valence-corrected chi connectivity index (χ4v) is 4.07. The van der Waals surface area contributed by atoms with Crippen LogP contribution < -0.4 is 0 Å². The normalized spacial score (nSPS) is 39.7. The van der Waals surface area contributed by atoms with Crippen molar-refractivity contribution in [1.82, 2.24) is 0 Å². The number of fused-ring (bicyclic) bond motifs is 2. The van der Waals surface area contributed by atoms with Gasteiger partial charge in [-0.15, -0.1) is 0 Å². The van der Waals surface area contributed by atoms with Crippen LogP contribution >= 0.6 is 0 Å². The summed E-state index contributed by atoms with van der Waals surface area (Å²) in [5.41, 5.74) is 2.89. The molecule has 2 aliphatic carbocycles. The summed E-state index contributed by atoms with van der Waals surface area (Å²) in [5, 5.41) is 0. The molecule has 2 fully saturated rings. The van der Waals surface area contributed by atoms with Gasteiger partial charge in [0.15, 0.2) is 0 Å². The molecule has 1 saturated heterocycles. The molecule has 1 heterocycles. The van der Waals surface area contributed by atoms with Crippen molar-refractivity contribution in [2.45, 2.75) is 46.5 Å². The van der Waals surface area contributed by atoms with Crippen LogP contribution in [0.1, 0.15) is 46.5 Å². The number of ether oxygens (including phenoxy) is 1. The fraction of sp³-hybridized carbons (Fsp3) is 0.800. The van der Waals surface area contributed by atoms with E-state index in [0.29, 0.717) is 23.9 Å². The van der Waals surface area contributed by atoms with Gasteiger partial charge in [0.05, 0.1) is 6.61 Å². The average Bonchev–Trinajstić information content (AvgIpc) is 2.72. The number of allylic oxidation sites excluding steroid dienone is 1. The van der Waals surface area contributed by atoms with E-state index in [-0.39, 0.29) is 5.97 Å². The van der Waals surface area contributed by atoms with Crippen molar-refractivity contribution in [2.75, 3.05) is 6.61 Å². The Balaban J connectivity index is 2.07. The first kappa shape index (κ1) is 11.3. The number of carbonyl (C=O) groups is 1. The Morgan fingerprint density at radius 3 is 2.82 bits per heavy atom. The van der Waals surface area contributed by atoms with E-state index in [1.807, 2.05) is 0 Å².